The topological polar surface area (TPSA) is 58.6 Å². The fraction of sp³-hybridized carbons (Fsp3) is 0.333. The normalized spacial score (nSPS) is 10.3. The van der Waals surface area contributed by atoms with E-state index in [2.05, 4.69) is 5.32 Å². The molecule has 0 aromatic heterocycles. The van der Waals surface area contributed by atoms with E-state index < -0.39 is 0 Å². The number of halogens is 1. The summed E-state index contributed by atoms with van der Waals surface area (Å²) in [7, 11) is 1.60. The molecule has 2 aromatic rings. The molecule has 2 rings (SSSR count). The Morgan fingerprint density at radius 3 is 2.59 bits per heavy atom. The van der Waals surface area contributed by atoms with Gasteiger partial charge in [0.2, 0.25) is 11.8 Å². The third-order valence-corrected chi connectivity index (χ3v) is 4.52. The quantitative estimate of drug-likeness (QED) is 0.715. The van der Waals surface area contributed by atoms with Gasteiger partial charge in [0.05, 0.1) is 7.11 Å². The highest BCUT2D eigenvalue weighted by Gasteiger charge is 2.12. The number of hydrogen-bond acceptors (Lipinski definition) is 3. The van der Waals surface area contributed by atoms with E-state index >= 15 is 0 Å². The number of hydrogen-bond donors (Lipinski definition) is 1. The number of methoxy groups -OCH3 is 1. The van der Waals surface area contributed by atoms with Crippen LogP contribution in [0.2, 0.25) is 5.02 Å². The first kappa shape index (κ1) is 20.8. The van der Waals surface area contributed by atoms with Gasteiger partial charge in [0.15, 0.2) is 0 Å². The summed E-state index contributed by atoms with van der Waals surface area (Å²) in [6, 6.07) is 15.1. The minimum absolute atomic E-state index is 0.0467. The van der Waals surface area contributed by atoms with Crippen LogP contribution in [0.4, 0.5) is 0 Å². The Hall–Kier alpha value is -2.53. The second-order valence-electron chi connectivity index (χ2n) is 6.22. The maximum absolute atomic E-state index is 12.2. The van der Waals surface area contributed by atoms with Crippen LogP contribution in [-0.4, -0.2) is 36.9 Å². The third kappa shape index (κ3) is 6.94. The van der Waals surface area contributed by atoms with Gasteiger partial charge in [-0.05, 0) is 30.2 Å². The molecule has 0 fully saturated rings. The maximum atomic E-state index is 12.2. The first-order valence-electron chi connectivity index (χ1n) is 8.88. The largest absolute Gasteiger partial charge is 0.496 e. The lowest BCUT2D eigenvalue weighted by Crippen LogP contribution is -2.35. The molecule has 27 heavy (non-hydrogen) atoms. The van der Waals surface area contributed by atoms with Crippen molar-refractivity contribution in [2.75, 3.05) is 20.2 Å². The molecule has 6 heteroatoms. The van der Waals surface area contributed by atoms with Gasteiger partial charge in [-0.15, -0.1) is 0 Å². The molecule has 0 saturated heterocycles. The van der Waals surface area contributed by atoms with Crippen molar-refractivity contribution in [1.82, 2.24) is 10.2 Å². The molecule has 1 N–H and O–H groups in total. The molecular formula is C21H25ClN2O3. The van der Waals surface area contributed by atoms with E-state index in [1.165, 1.54) is 6.92 Å². The van der Waals surface area contributed by atoms with Gasteiger partial charge in [-0.25, -0.2) is 0 Å². The third-order valence-electron chi connectivity index (χ3n) is 4.28. The van der Waals surface area contributed by atoms with Crippen LogP contribution in [-0.2, 0) is 22.6 Å². The van der Waals surface area contributed by atoms with Crippen LogP contribution in [0.1, 0.15) is 24.5 Å². The number of nitrogens with one attached hydrogen (secondary N) is 1. The highest BCUT2D eigenvalue weighted by Crippen LogP contribution is 2.16. The molecule has 0 saturated carbocycles. The van der Waals surface area contributed by atoms with Crippen molar-refractivity contribution in [2.24, 2.45) is 0 Å². The van der Waals surface area contributed by atoms with Crippen molar-refractivity contribution in [2.45, 2.75) is 26.3 Å². The van der Waals surface area contributed by atoms with Crippen LogP contribution in [0, 0.1) is 0 Å². The van der Waals surface area contributed by atoms with E-state index in [1.54, 1.807) is 12.0 Å². The highest BCUT2D eigenvalue weighted by atomic mass is 35.5. The van der Waals surface area contributed by atoms with Gasteiger partial charge in [-0.2, -0.15) is 0 Å². The van der Waals surface area contributed by atoms with Crippen LogP contribution in [0.3, 0.4) is 0 Å². The first-order valence-corrected chi connectivity index (χ1v) is 9.26. The van der Waals surface area contributed by atoms with Crippen LogP contribution >= 0.6 is 11.6 Å². The summed E-state index contributed by atoms with van der Waals surface area (Å²) in [5, 5.41) is 3.55. The second kappa shape index (κ2) is 10.6. The van der Waals surface area contributed by atoms with Gasteiger partial charge in [0, 0.05) is 43.6 Å². The van der Waals surface area contributed by atoms with Crippen LogP contribution in [0.5, 0.6) is 5.75 Å². The van der Waals surface area contributed by atoms with Crippen molar-refractivity contribution in [3.8, 4) is 5.75 Å². The summed E-state index contributed by atoms with van der Waals surface area (Å²) in [6.07, 6.45) is 0.952. The summed E-state index contributed by atoms with van der Waals surface area (Å²) in [5.41, 5.74) is 1.98. The van der Waals surface area contributed by atoms with Crippen molar-refractivity contribution in [3.63, 3.8) is 0 Å². The van der Waals surface area contributed by atoms with E-state index in [0.717, 1.165) is 16.9 Å². The Morgan fingerprint density at radius 1 is 1.11 bits per heavy atom. The van der Waals surface area contributed by atoms with Crippen molar-refractivity contribution >= 4 is 23.4 Å². The second-order valence-corrected chi connectivity index (χ2v) is 6.66. The smallest absolute Gasteiger partial charge is 0.222 e. The number of nitrogens with zero attached hydrogens (tertiary/aromatic N) is 1. The molecule has 0 spiro atoms. The number of carbonyl (C=O) groups excluding carboxylic acids is 2. The molecular weight excluding hydrogens is 364 g/mol. The zero-order valence-electron chi connectivity index (χ0n) is 15.7. The summed E-state index contributed by atoms with van der Waals surface area (Å²) in [6.45, 7) is 2.85. The minimum Gasteiger partial charge on any atom is -0.496 e. The standard InChI is InChI=1S/C21H25ClN2O3/c1-16(25)24(12-10-17-6-5-8-19(22)14-17)13-11-21(26)23-15-18-7-3-4-9-20(18)27-2/h3-9,14H,10-13,15H2,1-2H3,(H,23,26). The molecule has 0 aliphatic carbocycles. The summed E-state index contributed by atoms with van der Waals surface area (Å²) >= 11 is 5.99. The van der Waals surface area contributed by atoms with E-state index in [-0.39, 0.29) is 18.2 Å². The molecule has 5 nitrogen and oxygen atoms in total. The van der Waals surface area contributed by atoms with Crippen LogP contribution in [0.15, 0.2) is 48.5 Å². The van der Waals surface area contributed by atoms with Gasteiger partial charge in [-0.1, -0.05) is 41.9 Å². The Morgan fingerprint density at radius 2 is 1.89 bits per heavy atom. The SMILES string of the molecule is COc1ccccc1CNC(=O)CCN(CCc1cccc(Cl)c1)C(C)=O. The van der Waals surface area contributed by atoms with Gasteiger partial charge < -0.3 is 15.0 Å². The molecule has 0 bridgehead atoms. The minimum atomic E-state index is -0.102. The lowest BCUT2D eigenvalue weighted by atomic mass is 10.1. The molecule has 0 aliphatic rings. The molecule has 144 valence electrons. The lowest BCUT2D eigenvalue weighted by molar-refractivity contribution is -0.129. The molecule has 0 radical (unpaired) electrons. The van der Waals surface area contributed by atoms with E-state index in [4.69, 9.17) is 16.3 Å². The van der Waals surface area contributed by atoms with Crippen molar-refractivity contribution in [1.29, 1.82) is 0 Å². The maximum Gasteiger partial charge on any atom is 0.222 e. The molecule has 0 atom stereocenters. The molecule has 2 amide bonds. The van der Waals surface area contributed by atoms with Gasteiger partial charge >= 0.3 is 0 Å². The molecule has 2 aromatic carbocycles. The van der Waals surface area contributed by atoms with Crippen LogP contribution < -0.4 is 10.1 Å². The number of rotatable bonds is 9. The lowest BCUT2D eigenvalue weighted by Gasteiger charge is -2.21. The Labute approximate surface area is 165 Å². The Balaban J connectivity index is 1.80. The predicted molar refractivity (Wildman–Crippen MR) is 107 cm³/mol. The van der Waals surface area contributed by atoms with E-state index in [0.29, 0.717) is 31.1 Å². The fourth-order valence-electron chi connectivity index (χ4n) is 2.75. The Bertz CT molecular complexity index is 780. The van der Waals surface area contributed by atoms with Gasteiger partial charge in [-0.3, -0.25) is 9.59 Å². The average Bonchev–Trinajstić information content (AvgIpc) is 2.66. The average molecular weight is 389 g/mol. The summed E-state index contributed by atoms with van der Waals surface area (Å²) < 4.78 is 5.28. The number of para-hydroxylation sites is 1. The van der Waals surface area contributed by atoms with Gasteiger partial charge in [0.1, 0.15) is 5.75 Å². The van der Waals surface area contributed by atoms with Crippen molar-refractivity contribution < 1.29 is 14.3 Å². The Kier molecular flexibility index (Phi) is 8.14. The number of ether oxygens (including phenoxy) is 1. The monoisotopic (exact) mass is 388 g/mol. The van der Waals surface area contributed by atoms with Crippen LogP contribution in [0.25, 0.3) is 0 Å². The fourth-order valence-corrected chi connectivity index (χ4v) is 2.96. The number of carbonyl (C=O) groups is 2. The molecule has 0 aliphatic heterocycles. The summed E-state index contributed by atoms with van der Waals surface area (Å²) in [4.78, 5) is 25.7. The van der Waals surface area contributed by atoms with E-state index in [1.807, 2.05) is 48.5 Å². The number of benzene rings is 2. The van der Waals surface area contributed by atoms with Crippen molar-refractivity contribution in [3.05, 3.63) is 64.7 Å². The number of amides is 2. The zero-order valence-corrected chi connectivity index (χ0v) is 16.5. The van der Waals surface area contributed by atoms with E-state index in [9.17, 15) is 9.59 Å². The first-order chi connectivity index (χ1) is 13.0. The van der Waals surface area contributed by atoms with Gasteiger partial charge in [0.25, 0.3) is 0 Å². The molecule has 0 unspecified atom stereocenters. The summed E-state index contributed by atoms with van der Waals surface area (Å²) in [5.74, 6) is 0.592. The highest BCUT2D eigenvalue weighted by molar-refractivity contribution is 6.30. The zero-order chi connectivity index (χ0) is 19.6. The molecule has 0 heterocycles. The predicted octanol–water partition coefficient (Wildman–Crippen LogP) is 3.45.